The third kappa shape index (κ3) is 2.57. The Labute approximate surface area is 106 Å². The van der Waals surface area contributed by atoms with E-state index in [2.05, 4.69) is 4.98 Å². The maximum absolute atomic E-state index is 12.8. The fourth-order valence-corrected chi connectivity index (χ4v) is 1.78. The van der Waals surface area contributed by atoms with E-state index in [0.717, 1.165) is 6.07 Å². The Morgan fingerprint density at radius 2 is 1.89 bits per heavy atom. The lowest BCUT2D eigenvalue weighted by Gasteiger charge is -2.13. The first-order chi connectivity index (χ1) is 8.91. The van der Waals surface area contributed by atoms with Crippen molar-refractivity contribution in [2.24, 2.45) is 0 Å². The second kappa shape index (κ2) is 4.72. The molecule has 2 aromatic rings. The fraction of sp³-hybridized carbons (Fsp3) is 0.0769. The fourth-order valence-electron chi connectivity index (χ4n) is 1.78. The highest BCUT2D eigenvalue weighted by atomic mass is 19.4. The van der Waals surface area contributed by atoms with Crippen LogP contribution >= 0.6 is 0 Å². The maximum Gasteiger partial charge on any atom is 0.417 e. The average Bonchev–Trinajstić information content (AvgIpc) is 2.37. The van der Waals surface area contributed by atoms with Gasteiger partial charge < -0.3 is 5.11 Å². The first-order valence-corrected chi connectivity index (χ1v) is 5.25. The maximum atomic E-state index is 12.8. The van der Waals surface area contributed by atoms with Crippen molar-refractivity contribution in [2.45, 2.75) is 6.18 Å². The molecule has 0 saturated heterocycles. The summed E-state index contributed by atoms with van der Waals surface area (Å²) in [4.78, 5) is 14.9. The SMILES string of the molecule is O=C(O)c1c(-c2cccnc2)cccc1C(F)(F)F. The van der Waals surface area contributed by atoms with Gasteiger partial charge in [-0.2, -0.15) is 13.2 Å². The summed E-state index contributed by atoms with van der Waals surface area (Å²) in [7, 11) is 0. The summed E-state index contributed by atoms with van der Waals surface area (Å²) in [6.07, 6.45) is -1.94. The molecule has 1 N–H and O–H groups in total. The number of halogens is 3. The standard InChI is InChI=1S/C13H8F3NO2/c14-13(15,16)10-5-1-4-9(11(10)12(18)19)8-3-2-6-17-7-8/h1-7H,(H,18,19). The molecule has 0 unspecified atom stereocenters. The molecule has 0 spiro atoms. The van der Waals surface area contributed by atoms with E-state index < -0.39 is 23.3 Å². The second-order valence-corrected chi connectivity index (χ2v) is 3.77. The summed E-state index contributed by atoms with van der Waals surface area (Å²) >= 11 is 0. The normalized spacial score (nSPS) is 11.3. The Balaban J connectivity index is 2.73. The molecular formula is C13H8F3NO2. The predicted octanol–water partition coefficient (Wildman–Crippen LogP) is 3.47. The highest BCUT2D eigenvalue weighted by Crippen LogP contribution is 2.36. The van der Waals surface area contributed by atoms with Gasteiger partial charge >= 0.3 is 12.1 Å². The minimum atomic E-state index is -4.72. The average molecular weight is 267 g/mol. The van der Waals surface area contributed by atoms with E-state index in [9.17, 15) is 18.0 Å². The number of pyridine rings is 1. The van der Waals surface area contributed by atoms with Gasteiger partial charge in [0, 0.05) is 18.0 Å². The monoisotopic (exact) mass is 267 g/mol. The van der Waals surface area contributed by atoms with Crippen molar-refractivity contribution in [1.82, 2.24) is 4.98 Å². The van der Waals surface area contributed by atoms with E-state index in [1.807, 2.05) is 0 Å². The van der Waals surface area contributed by atoms with Crippen LogP contribution in [0, 0.1) is 0 Å². The second-order valence-electron chi connectivity index (χ2n) is 3.77. The summed E-state index contributed by atoms with van der Waals surface area (Å²) < 4.78 is 38.5. The Hall–Kier alpha value is -2.37. The van der Waals surface area contributed by atoms with Gasteiger partial charge in [-0.15, -0.1) is 0 Å². The van der Waals surface area contributed by atoms with Crippen LogP contribution in [0.3, 0.4) is 0 Å². The molecule has 0 aliphatic heterocycles. The Morgan fingerprint density at radius 3 is 2.42 bits per heavy atom. The molecule has 0 saturated carbocycles. The molecule has 3 nitrogen and oxygen atoms in total. The van der Waals surface area contributed by atoms with Crippen LogP contribution in [0.1, 0.15) is 15.9 Å². The van der Waals surface area contributed by atoms with E-state index in [4.69, 9.17) is 5.11 Å². The largest absolute Gasteiger partial charge is 0.478 e. The van der Waals surface area contributed by atoms with Crippen LogP contribution < -0.4 is 0 Å². The lowest BCUT2D eigenvalue weighted by molar-refractivity contribution is -0.138. The predicted molar refractivity (Wildman–Crippen MR) is 61.6 cm³/mol. The molecular weight excluding hydrogens is 259 g/mol. The molecule has 2 rings (SSSR count). The molecule has 0 aliphatic carbocycles. The van der Waals surface area contributed by atoms with E-state index >= 15 is 0 Å². The molecule has 0 radical (unpaired) electrons. The van der Waals surface area contributed by atoms with E-state index in [1.165, 1.54) is 36.7 Å². The number of aromatic carboxylic acids is 1. The van der Waals surface area contributed by atoms with Crippen molar-refractivity contribution < 1.29 is 23.1 Å². The number of hydrogen-bond acceptors (Lipinski definition) is 2. The third-order valence-corrected chi connectivity index (χ3v) is 2.56. The van der Waals surface area contributed by atoms with Gasteiger partial charge in [0.1, 0.15) is 0 Å². The number of carboxylic acid groups (broad SMARTS) is 1. The molecule has 1 aromatic carbocycles. The molecule has 98 valence electrons. The topological polar surface area (TPSA) is 50.2 Å². The Morgan fingerprint density at radius 1 is 1.16 bits per heavy atom. The van der Waals surface area contributed by atoms with Gasteiger partial charge in [-0.25, -0.2) is 4.79 Å². The van der Waals surface area contributed by atoms with E-state index in [0.29, 0.717) is 5.56 Å². The van der Waals surface area contributed by atoms with Crippen LogP contribution in [-0.2, 0) is 6.18 Å². The van der Waals surface area contributed by atoms with Gasteiger partial charge in [0.15, 0.2) is 0 Å². The highest BCUT2D eigenvalue weighted by Gasteiger charge is 2.36. The molecule has 6 heteroatoms. The minimum absolute atomic E-state index is 0.00424. The molecule has 1 heterocycles. The van der Waals surface area contributed by atoms with Crippen molar-refractivity contribution in [3.8, 4) is 11.1 Å². The van der Waals surface area contributed by atoms with E-state index in [1.54, 1.807) is 0 Å². The minimum Gasteiger partial charge on any atom is -0.478 e. The number of nitrogens with zero attached hydrogens (tertiary/aromatic N) is 1. The van der Waals surface area contributed by atoms with Crippen molar-refractivity contribution in [3.05, 3.63) is 53.9 Å². The lowest BCUT2D eigenvalue weighted by atomic mass is 9.96. The Kier molecular flexibility index (Phi) is 3.25. The summed E-state index contributed by atoms with van der Waals surface area (Å²) in [6, 6.07) is 6.30. The molecule has 0 amide bonds. The molecule has 19 heavy (non-hydrogen) atoms. The molecule has 0 fully saturated rings. The molecule has 1 aromatic heterocycles. The Bertz CT molecular complexity index is 609. The number of rotatable bonds is 2. The van der Waals surface area contributed by atoms with Crippen LogP contribution in [0.2, 0.25) is 0 Å². The molecule has 0 aliphatic rings. The van der Waals surface area contributed by atoms with Crippen LogP contribution in [-0.4, -0.2) is 16.1 Å². The van der Waals surface area contributed by atoms with Crippen molar-refractivity contribution in [1.29, 1.82) is 0 Å². The lowest BCUT2D eigenvalue weighted by Crippen LogP contribution is -2.14. The number of alkyl halides is 3. The zero-order chi connectivity index (χ0) is 14.0. The highest BCUT2D eigenvalue weighted by molar-refractivity contribution is 5.97. The number of carbonyl (C=O) groups is 1. The number of carboxylic acids is 1. The third-order valence-electron chi connectivity index (χ3n) is 2.56. The summed E-state index contributed by atoms with van der Waals surface area (Å²) in [5, 5.41) is 9.05. The quantitative estimate of drug-likeness (QED) is 0.906. The van der Waals surface area contributed by atoms with Crippen LogP contribution in [0.15, 0.2) is 42.7 Å². The zero-order valence-electron chi connectivity index (χ0n) is 9.48. The van der Waals surface area contributed by atoms with Crippen LogP contribution in [0.5, 0.6) is 0 Å². The first kappa shape index (κ1) is 13.1. The van der Waals surface area contributed by atoms with Gasteiger partial charge in [0.25, 0.3) is 0 Å². The number of hydrogen-bond donors (Lipinski definition) is 1. The summed E-state index contributed by atoms with van der Waals surface area (Å²) in [6.45, 7) is 0. The smallest absolute Gasteiger partial charge is 0.417 e. The van der Waals surface area contributed by atoms with Crippen molar-refractivity contribution in [2.75, 3.05) is 0 Å². The van der Waals surface area contributed by atoms with Gasteiger partial charge in [0.2, 0.25) is 0 Å². The first-order valence-electron chi connectivity index (χ1n) is 5.25. The summed E-state index contributed by atoms with van der Waals surface area (Å²) in [5.74, 6) is -1.62. The van der Waals surface area contributed by atoms with Gasteiger partial charge in [-0.3, -0.25) is 4.98 Å². The summed E-state index contributed by atoms with van der Waals surface area (Å²) in [5.41, 5.74) is -1.61. The van der Waals surface area contributed by atoms with Crippen LogP contribution in [0.4, 0.5) is 13.2 Å². The van der Waals surface area contributed by atoms with Gasteiger partial charge in [-0.05, 0) is 17.7 Å². The van der Waals surface area contributed by atoms with Crippen LogP contribution in [0.25, 0.3) is 11.1 Å². The van der Waals surface area contributed by atoms with Crippen molar-refractivity contribution in [3.63, 3.8) is 0 Å². The molecule has 0 atom stereocenters. The number of benzene rings is 1. The van der Waals surface area contributed by atoms with Gasteiger partial charge in [-0.1, -0.05) is 18.2 Å². The van der Waals surface area contributed by atoms with Crippen molar-refractivity contribution >= 4 is 5.97 Å². The van der Waals surface area contributed by atoms with Gasteiger partial charge in [0.05, 0.1) is 11.1 Å². The molecule has 0 bridgehead atoms. The zero-order valence-corrected chi connectivity index (χ0v) is 9.48. The van der Waals surface area contributed by atoms with E-state index in [-0.39, 0.29) is 5.56 Å². The number of aromatic nitrogens is 1.